The van der Waals surface area contributed by atoms with Crippen LogP contribution < -0.4 is 10.6 Å². The molecule has 0 fully saturated rings. The maximum Gasteiger partial charge on any atom is 0.236 e. The topological polar surface area (TPSA) is 54.0 Å². The van der Waals surface area contributed by atoms with Crippen LogP contribution in [0.4, 0.5) is 0 Å². The molecule has 1 aromatic heterocycles. The van der Waals surface area contributed by atoms with E-state index in [0.29, 0.717) is 6.54 Å². The van der Waals surface area contributed by atoms with Gasteiger partial charge in [0.15, 0.2) is 0 Å². The largest absolute Gasteiger partial charge is 0.355 e. The van der Waals surface area contributed by atoms with Gasteiger partial charge in [-0.15, -0.1) is 11.3 Å². The Bertz CT molecular complexity index is 519. The molecule has 1 unspecified atom stereocenters. The zero-order chi connectivity index (χ0) is 13.7. The number of carbonyl (C=O) groups is 1. The Balaban J connectivity index is 1.89. The van der Waals surface area contributed by atoms with Gasteiger partial charge in [-0.3, -0.25) is 10.1 Å². The summed E-state index contributed by atoms with van der Waals surface area (Å²) in [5.41, 5.74) is 1.02. The van der Waals surface area contributed by atoms with Crippen LogP contribution in [0.1, 0.15) is 25.3 Å². The number of nitrogens with one attached hydrogen (secondary N) is 2. The first-order chi connectivity index (χ1) is 9.20. The molecule has 0 aliphatic rings. The Labute approximate surface area is 117 Å². The average Bonchev–Trinajstić information content (AvgIpc) is 2.84. The maximum absolute atomic E-state index is 11.7. The highest BCUT2D eigenvalue weighted by molar-refractivity contribution is 7.18. The predicted molar refractivity (Wildman–Crippen MR) is 79.2 cm³/mol. The number of aromatic nitrogens is 1. The Morgan fingerprint density at radius 3 is 2.95 bits per heavy atom. The Morgan fingerprint density at radius 2 is 2.21 bits per heavy atom. The third kappa shape index (κ3) is 3.75. The van der Waals surface area contributed by atoms with Crippen LogP contribution in [-0.2, 0) is 11.3 Å². The van der Waals surface area contributed by atoms with Crippen LogP contribution >= 0.6 is 11.3 Å². The van der Waals surface area contributed by atoms with Crippen LogP contribution in [0, 0.1) is 0 Å². The Morgan fingerprint density at radius 1 is 1.42 bits per heavy atom. The van der Waals surface area contributed by atoms with Crippen molar-refractivity contribution in [1.82, 2.24) is 15.6 Å². The van der Waals surface area contributed by atoms with E-state index in [1.807, 2.05) is 32.0 Å². The van der Waals surface area contributed by atoms with Gasteiger partial charge in [0.05, 0.1) is 16.3 Å². The van der Waals surface area contributed by atoms with E-state index in [1.54, 1.807) is 11.3 Å². The lowest BCUT2D eigenvalue weighted by Gasteiger charge is -2.12. The van der Waals surface area contributed by atoms with Crippen molar-refractivity contribution < 1.29 is 4.79 Å². The number of para-hydroxylation sites is 1. The number of thiazole rings is 1. The molecule has 1 atom stereocenters. The number of amides is 1. The number of hydrogen-bond donors (Lipinski definition) is 2. The van der Waals surface area contributed by atoms with Gasteiger partial charge in [-0.05, 0) is 25.5 Å². The molecule has 4 nitrogen and oxygen atoms in total. The molecule has 1 heterocycles. The number of fused-ring (bicyclic) bond motifs is 1. The molecule has 2 N–H and O–H groups in total. The standard InChI is InChI=1S/C14H19N3OS/c1-3-8-15-14(18)10(2)16-9-13-17-11-6-4-5-7-12(11)19-13/h4-7,10,16H,3,8-9H2,1-2H3,(H,15,18). The second kappa shape index (κ2) is 6.63. The molecule has 0 bridgehead atoms. The average molecular weight is 277 g/mol. The summed E-state index contributed by atoms with van der Waals surface area (Å²) in [5, 5.41) is 7.09. The van der Waals surface area contributed by atoms with E-state index in [9.17, 15) is 4.79 Å². The summed E-state index contributed by atoms with van der Waals surface area (Å²) in [6, 6.07) is 7.87. The first-order valence-electron chi connectivity index (χ1n) is 6.56. The minimum Gasteiger partial charge on any atom is -0.355 e. The zero-order valence-electron chi connectivity index (χ0n) is 11.3. The summed E-state index contributed by atoms with van der Waals surface area (Å²) in [7, 11) is 0. The van der Waals surface area contributed by atoms with E-state index in [-0.39, 0.29) is 11.9 Å². The molecule has 0 radical (unpaired) electrons. The molecule has 0 aliphatic heterocycles. The van der Waals surface area contributed by atoms with Gasteiger partial charge >= 0.3 is 0 Å². The minimum atomic E-state index is -0.196. The van der Waals surface area contributed by atoms with Crippen LogP contribution in [0.3, 0.4) is 0 Å². The molecule has 0 spiro atoms. The predicted octanol–water partition coefficient (Wildman–Crippen LogP) is 2.30. The molecule has 2 aromatic rings. The highest BCUT2D eigenvalue weighted by Crippen LogP contribution is 2.21. The molecule has 0 saturated carbocycles. The van der Waals surface area contributed by atoms with Crippen LogP contribution in [0.25, 0.3) is 10.2 Å². The molecule has 0 saturated heterocycles. The van der Waals surface area contributed by atoms with Crippen LogP contribution in [0.15, 0.2) is 24.3 Å². The van der Waals surface area contributed by atoms with E-state index < -0.39 is 0 Å². The number of nitrogens with zero attached hydrogens (tertiary/aromatic N) is 1. The van der Waals surface area contributed by atoms with Gasteiger partial charge in [0.25, 0.3) is 0 Å². The number of rotatable bonds is 6. The summed E-state index contributed by atoms with van der Waals surface area (Å²) in [5.74, 6) is 0.0444. The van der Waals surface area contributed by atoms with E-state index >= 15 is 0 Å². The Hall–Kier alpha value is -1.46. The first-order valence-corrected chi connectivity index (χ1v) is 7.38. The maximum atomic E-state index is 11.7. The second-order valence-corrected chi connectivity index (χ2v) is 5.58. The van der Waals surface area contributed by atoms with Crippen molar-refractivity contribution in [3.8, 4) is 0 Å². The van der Waals surface area contributed by atoms with E-state index in [0.717, 1.165) is 23.5 Å². The van der Waals surface area contributed by atoms with Gasteiger partial charge in [0.1, 0.15) is 5.01 Å². The van der Waals surface area contributed by atoms with Crippen LogP contribution in [-0.4, -0.2) is 23.5 Å². The molecule has 2 rings (SSSR count). The molecule has 102 valence electrons. The third-order valence-corrected chi connectivity index (χ3v) is 3.88. The van der Waals surface area contributed by atoms with Crippen molar-refractivity contribution in [1.29, 1.82) is 0 Å². The zero-order valence-corrected chi connectivity index (χ0v) is 12.1. The minimum absolute atomic E-state index is 0.0444. The van der Waals surface area contributed by atoms with Gasteiger partial charge in [-0.25, -0.2) is 4.98 Å². The molecule has 0 aliphatic carbocycles. The van der Waals surface area contributed by atoms with Crippen molar-refractivity contribution in [2.24, 2.45) is 0 Å². The van der Waals surface area contributed by atoms with Crippen LogP contribution in [0.2, 0.25) is 0 Å². The fourth-order valence-electron chi connectivity index (χ4n) is 1.73. The Kier molecular flexibility index (Phi) is 4.87. The van der Waals surface area contributed by atoms with Gasteiger partial charge in [0.2, 0.25) is 5.91 Å². The number of carbonyl (C=O) groups excluding carboxylic acids is 1. The summed E-state index contributed by atoms with van der Waals surface area (Å²) < 4.78 is 1.18. The lowest BCUT2D eigenvalue weighted by Crippen LogP contribution is -2.42. The second-order valence-electron chi connectivity index (χ2n) is 4.47. The summed E-state index contributed by atoms with van der Waals surface area (Å²) >= 11 is 1.66. The molecule has 1 amide bonds. The monoisotopic (exact) mass is 277 g/mol. The quantitative estimate of drug-likeness (QED) is 0.852. The van der Waals surface area contributed by atoms with Crippen molar-refractivity contribution in [3.05, 3.63) is 29.3 Å². The fourth-order valence-corrected chi connectivity index (χ4v) is 2.65. The molecule has 19 heavy (non-hydrogen) atoms. The van der Waals surface area contributed by atoms with Gasteiger partial charge in [-0.2, -0.15) is 0 Å². The van der Waals surface area contributed by atoms with Crippen LogP contribution in [0.5, 0.6) is 0 Å². The molecular formula is C14H19N3OS. The van der Waals surface area contributed by atoms with Crippen molar-refractivity contribution in [3.63, 3.8) is 0 Å². The summed E-state index contributed by atoms with van der Waals surface area (Å²) in [6.45, 7) is 5.27. The molecule has 1 aromatic carbocycles. The number of hydrogen-bond acceptors (Lipinski definition) is 4. The smallest absolute Gasteiger partial charge is 0.236 e. The van der Waals surface area contributed by atoms with Crippen molar-refractivity contribution in [2.75, 3.05) is 6.54 Å². The molecular weight excluding hydrogens is 258 g/mol. The van der Waals surface area contributed by atoms with E-state index in [1.165, 1.54) is 4.70 Å². The van der Waals surface area contributed by atoms with Crippen molar-refractivity contribution in [2.45, 2.75) is 32.9 Å². The highest BCUT2D eigenvalue weighted by atomic mass is 32.1. The third-order valence-electron chi connectivity index (χ3n) is 2.84. The summed E-state index contributed by atoms with van der Waals surface area (Å²) in [6.07, 6.45) is 0.955. The van der Waals surface area contributed by atoms with Crippen molar-refractivity contribution >= 4 is 27.5 Å². The number of benzene rings is 1. The fraction of sp³-hybridized carbons (Fsp3) is 0.429. The first kappa shape index (κ1) is 14.0. The van der Waals surface area contributed by atoms with E-state index in [4.69, 9.17) is 0 Å². The summed E-state index contributed by atoms with van der Waals surface area (Å²) in [4.78, 5) is 16.2. The lowest BCUT2D eigenvalue weighted by atomic mass is 10.3. The van der Waals surface area contributed by atoms with Gasteiger partial charge < -0.3 is 5.32 Å². The lowest BCUT2D eigenvalue weighted by molar-refractivity contribution is -0.122. The SMILES string of the molecule is CCCNC(=O)C(C)NCc1nc2ccccc2s1. The van der Waals surface area contributed by atoms with Gasteiger partial charge in [-0.1, -0.05) is 19.1 Å². The van der Waals surface area contributed by atoms with Gasteiger partial charge in [0, 0.05) is 13.1 Å². The molecule has 5 heteroatoms. The van der Waals surface area contributed by atoms with E-state index in [2.05, 4.69) is 21.7 Å². The highest BCUT2D eigenvalue weighted by Gasteiger charge is 2.12. The normalized spacial score (nSPS) is 12.5.